The van der Waals surface area contributed by atoms with Gasteiger partial charge in [0, 0.05) is 39.6 Å². The summed E-state index contributed by atoms with van der Waals surface area (Å²) in [5.74, 6) is 2.23. The molecule has 8 nitrogen and oxygen atoms in total. The summed E-state index contributed by atoms with van der Waals surface area (Å²) in [6, 6.07) is 7.84. The van der Waals surface area contributed by atoms with Crippen LogP contribution in [0.4, 0.5) is 11.8 Å². The molecule has 0 bridgehead atoms. The molecular weight excluding hydrogens is 430 g/mol. The van der Waals surface area contributed by atoms with Crippen LogP contribution in [-0.4, -0.2) is 61.4 Å². The minimum Gasteiger partial charge on any atom is -0.489 e. The summed E-state index contributed by atoms with van der Waals surface area (Å²) >= 11 is 6.46. The normalized spacial score (nSPS) is 20.0. The van der Waals surface area contributed by atoms with E-state index in [0.29, 0.717) is 24.1 Å². The van der Waals surface area contributed by atoms with Crippen LogP contribution in [0.1, 0.15) is 38.3 Å². The van der Waals surface area contributed by atoms with Gasteiger partial charge < -0.3 is 24.6 Å². The van der Waals surface area contributed by atoms with Gasteiger partial charge in [-0.2, -0.15) is 4.98 Å². The second-order valence-corrected chi connectivity index (χ2v) is 8.67. The zero-order chi connectivity index (χ0) is 22.5. The van der Waals surface area contributed by atoms with Crippen LogP contribution in [0.2, 0.25) is 5.02 Å². The largest absolute Gasteiger partial charge is 0.489 e. The molecule has 9 heteroatoms. The molecule has 0 spiro atoms. The van der Waals surface area contributed by atoms with Crippen LogP contribution in [0.5, 0.6) is 5.75 Å². The van der Waals surface area contributed by atoms with E-state index < -0.39 is 0 Å². The number of nitrogens with one attached hydrogen (secondary N) is 1. The maximum atomic E-state index is 11.3. The Labute approximate surface area is 193 Å². The van der Waals surface area contributed by atoms with Gasteiger partial charge in [-0.3, -0.25) is 4.79 Å². The Balaban J connectivity index is 1.38. The third-order valence-electron chi connectivity index (χ3n) is 5.77. The van der Waals surface area contributed by atoms with Crippen molar-refractivity contribution in [2.45, 2.75) is 38.8 Å². The van der Waals surface area contributed by atoms with Crippen LogP contribution in [0.15, 0.2) is 30.5 Å². The number of rotatable bonds is 6. The average molecular weight is 460 g/mol. The summed E-state index contributed by atoms with van der Waals surface area (Å²) < 4.78 is 11.7. The number of carbonyl (C=O) groups is 1. The molecule has 1 aromatic heterocycles. The molecule has 2 saturated heterocycles. The molecule has 2 aliphatic rings. The van der Waals surface area contributed by atoms with Gasteiger partial charge in [0.15, 0.2) is 5.82 Å². The molecule has 2 aliphatic heterocycles. The first kappa shape index (κ1) is 22.6. The summed E-state index contributed by atoms with van der Waals surface area (Å²) in [5, 5.41) is 3.44. The highest BCUT2D eigenvalue weighted by molar-refractivity contribution is 6.32. The molecule has 2 atom stereocenters. The van der Waals surface area contributed by atoms with Crippen molar-refractivity contribution in [1.29, 1.82) is 0 Å². The average Bonchev–Trinajstić information content (AvgIpc) is 3.06. The first-order chi connectivity index (χ1) is 15.5. The number of carbonyl (C=O) groups excluding carboxylic acids is 1. The number of hydrogen-bond acceptors (Lipinski definition) is 7. The van der Waals surface area contributed by atoms with E-state index >= 15 is 0 Å². The minimum absolute atomic E-state index is 0.0339. The van der Waals surface area contributed by atoms with E-state index in [1.165, 1.54) is 6.92 Å². The Morgan fingerprint density at radius 3 is 2.81 bits per heavy atom. The van der Waals surface area contributed by atoms with Crippen LogP contribution in [0.3, 0.4) is 0 Å². The Kier molecular flexibility index (Phi) is 7.32. The first-order valence-electron chi connectivity index (χ1n) is 11.1. The van der Waals surface area contributed by atoms with Gasteiger partial charge in [-0.1, -0.05) is 23.7 Å². The second kappa shape index (κ2) is 10.4. The van der Waals surface area contributed by atoms with E-state index in [0.717, 1.165) is 56.2 Å². The molecule has 2 aromatic rings. The molecule has 1 amide bonds. The standard InChI is InChI=1S/C23H30ClN5O3/c1-16(26-17(2)30)18-4-6-19(7-5-18)32-20-8-10-29(15-20)22-21(24)14-25-23(27-22)28-9-3-12-31-13-11-28/h4-7,14,16,20H,3,8-13,15H2,1-2H3,(H,26,30)/t16-,20+/m0/s1. The van der Waals surface area contributed by atoms with Crippen LogP contribution in [0.25, 0.3) is 0 Å². The van der Waals surface area contributed by atoms with Gasteiger partial charge in [0.2, 0.25) is 11.9 Å². The van der Waals surface area contributed by atoms with Crippen LogP contribution in [0, 0.1) is 0 Å². The third kappa shape index (κ3) is 5.61. The quantitative estimate of drug-likeness (QED) is 0.710. The van der Waals surface area contributed by atoms with Gasteiger partial charge in [-0.15, -0.1) is 0 Å². The molecule has 3 heterocycles. The Morgan fingerprint density at radius 2 is 2.03 bits per heavy atom. The van der Waals surface area contributed by atoms with E-state index in [2.05, 4.69) is 20.1 Å². The van der Waals surface area contributed by atoms with E-state index in [9.17, 15) is 4.79 Å². The first-order valence-corrected chi connectivity index (χ1v) is 11.5. The van der Waals surface area contributed by atoms with E-state index in [1.54, 1.807) is 6.20 Å². The monoisotopic (exact) mass is 459 g/mol. The fraction of sp³-hybridized carbons (Fsp3) is 0.522. The molecule has 0 unspecified atom stereocenters. The summed E-state index contributed by atoms with van der Waals surface area (Å²) in [5.41, 5.74) is 1.04. The molecule has 0 aliphatic carbocycles. The van der Waals surface area contributed by atoms with Crippen molar-refractivity contribution >= 4 is 29.3 Å². The lowest BCUT2D eigenvalue weighted by Crippen LogP contribution is -2.30. The van der Waals surface area contributed by atoms with E-state index in [4.69, 9.17) is 26.1 Å². The molecule has 0 saturated carbocycles. The zero-order valence-corrected chi connectivity index (χ0v) is 19.3. The molecular formula is C23H30ClN5O3. The van der Waals surface area contributed by atoms with Gasteiger partial charge in [-0.25, -0.2) is 4.98 Å². The topological polar surface area (TPSA) is 79.8 Å². The predicted octanol–water partition coefficient (Wildman–Crippen LogP) is 3.21. The number of benzene rings is 1. The highest BCUT2D eigenvalue weighted by atomic mass is 35.5. The highest BCUT2D eigenvalue weighted by Crippen LogP contribution is 2.30. The van der Waals surface area contributed by atoms with E-state index in [1.807, 2.05) is 31.2 Å². The van der Waals surface area contributed by atoms with Gasteiger partial charge in [-0.05, 0) is 31.0 Å². The Hall–Kier alpha value is -2.58. The van der Waals surface area contributed by atoms with Crippen molar-refractivity contribution in [2.75, 3.05) is 49.2 Å². The predicted molar refractivity (Wildman–Crippen MR) is 125 cm³/mol. The lowest BCUT2D eigenvalue weighted by molar-refractivity contribution is -0.119. The molecule has 1 N–H and O–H groups in total. The molecule has 172 valence electrons. The van der Waals surface area contributed by atoms with Gasteiger partial charge >= 0.3 is 0 Å². The Bertz CT molecular complexity index is 918. The fourth-order valence-corrected chi connectivity index (χ4v) is 4.31. The molecule has 4 rings (SSSR count). The SMILES string of the molecule is CC(=O)N[C@@H](C)c1ccc(O[C@@H]2CCN(c3nc(N4CCCOCC4)ncc3Cl)C2)cc1. The summed E-state index contributed by atoms with van der Waals surface area (Å²) in [4.78, 5) is 24.8. The number of halogens is 1. The number of hydrogen-bond donors (Lipinski definition) is 1. The molecule has 1 aromatic carbocycles. The molecule has 0 radical (unpaired) electrons. The van der Waals surface area contributed by atoms with Crippen molar-refractivity contribution in [3.8, 4) is 5.75 Å². The van der Waals surface area contributed by atoms with Gasteiger partial charge in [0.1, 0.15) is 16.9 Å². The third-order valence-corrected chi connectivity index (χ3v) is 6.03. The van der Waals surface area contributed by atoms with Crippen LogP contribution < -0.4 is 19.9 Å². The number of ether oxygens (including phenoxy) is 2. The van der Waals surface area contributed by atoms with Crippen LogP contribution >= 0.6 is 11.6 Å². The lowest BCUT2D eigenvalue weighted by atomic mass is 10.1. The minimum atomic E-state index is -0.0420. The highest BCUT2D eigenvalue weighted by Gasteiger charge is 2.27. The Morgan fingerprint density at radius 1 is 1.22 bits per heavy atom. The van der Waals surface area contributed by atoms with Crippen molar-refractivity contribution in [2.24, 2.45) is 0 Å². The van der Waals surface area contributed by atoms with Crippen LogP contribution in [-0.2, 0) is 9.53 Å². The zero-order valence-electron chi connectivity index (χ0n) is 18.6. The lowest BCUT2D eigenvalue weighted by Gasteiger charge is -2.23. The van der Waals surface area contributed by atoms with Gasteiger partial charge in [0.05, 0.1) is 25.4 Å². The molecule has 2 fully saturated rings. The number of amides is 1. The fourth-order valence-electron chi connectivity index (χ4n) is 4.10. The summed E-state index contributed by atoms with van der Waals surface area (Å²) in [6.45, 7) is 8.13. The van der Waals surface area contributed by atoms with Crippen molar-refractivity contribution in [1.82, 2.24) is 15.3 Å². The van der Waals surface area contributed by atoms with Gasteiger partial charge in [0.25, 0.3) is 0 Å². The smallest absolute Gasteiger partial charge is 0.227 e. The maximum absolute atomic E-state index is 11.3. The summed E-state index contributed by atoms with van der Waals surface area (Å²) in [7, 11) is 0. The summed E-state index contributed by atoms with van der Waals surface area (Å²) in [6.07, 6.45) is 3.59. The number of anilines is 2. The number of nitrogens with zero attached hydrogens (tertiary/aromatic N) is 4. The van der Waals surface area contributed by atoms with Crippen molar-refractivity contribution in [3.05, 3.63) is 41.0 Å². The second-order valence-electron chi connectivity index (χ2n) is 8.26. The van der Waals surface area contributed by atoms with Crippen molar-refractivity contribution in [3.63, 3.8) is 0 Å². The van der Waals surface area contributed by atoms with Crippen molar-refractivity contribution < 1.29 is 14.3 Å². The van der Waals surface area contributed by atoms with E-state index in [-0.39, 0.29) is 18.1 Å². The molecule has 32 heavy (non-hydrogen) atoms. The maximum Gasteiger partial charge on any atom is 0.227 e. The number of aromatic nitrogens is 2.